The Bertz CT molecular complexity index is 999. The lowest BCUT2D eigenvalue weighted by atomic mass is 10.0. The van der Waals surface area contributed by atoms with Crippen LogP contribution in [-0.2, 0) is 10.0 Å². The summed E-state index contributed by atoms with van der Waals surface area (Å²) in [5.41, 5.74) is 0.394. The molecule has 2 N–H and O–H groups in total. The lowest BCUT2D eigenvalue weighted by molar-refractivity contribution is -0.385. The minimum Gasteiger partial charge on any atom is -0.347 e. The summed E-state index contributed by atoms with van der Waals surface area (Å²) in [4.78, 5) is 22.5. The molecular weight excluding hydrogens is 382 g/mol. The minimum absolute atomic E-state index is 0.212. The smallest absolute Gasteiger partial charge is 0.273 e. The number of hydrogen-bond donors (Lipinski definition) is 2. The molecule has 0 aliphatic rings. The third-order valence-electron chi connectivity index (χ3n) is 4.42. The van der Waals surface area contributed by atoms with Crippen molar-refractivity contribution in [1.82, 2.24) is 5.32 Å². The SMILES string of the molecule is CCC(C)(C)NC(=O)c1ccc(NS(=O)(=O)c2ccc(C)c([N+](=O)[O-])c2)cc1. The average Bonchev–Trinajstić information content (AvgIpc) is 2.61. The first kappa shape index (κ1) is 21.4. The van der Waals surface area contributed by atoms with E-state index in [1.165, 1.54) is 43.3 Å². The summed E-state index contributed by atoms with van der Waals surface area (Å²) >= 11 is 0. The van der Waals surface area contributed by atoms with Crippen LogP contribution in [0.15, 0.2) is 47.4 Å². The molecule has 0 fully saturated rings. The minimum atomic E-state index is -4.01. The summed E-state index contributed by atoms with van der Waals surface area (Å²) in [5, 5.41) is 13.9. The zero-order valence-corrected chi connectivity index (χ0v) is 17.0. The molecule has 0 saturated heterocycles. The molecule has 0 atom stereocenters. The molecule has 9 heteroatoms. The topological polar surface area (TPSA) is 118 Å². The molecule has 28 heavy (non-hydrogen) atoms. The molecule has 0 unspecified atom stereocenters. The quantitative estimate of drug-likeness (QED) is 0.539. The van der Waals surface area contributed by atoms with E-state index in [2.05, 4.69) is 10.0 Å². The van der Waals surface area contributed by atoms with Crippen LogP contribution in [0.2, 0.25) is 0 Å². The van der Waals surface area contributed by atoms with Gasteiger partial charge >= 0.3 is 0 Å². The van der Waals surface area contributed by atoms with E-state index in [1.54, 1.807) is 0 Å². The second kappa shape index (κ2) is 7.97. The Labute approximate surface area is 164 Å². The second-order valence-corrected chi connectivity index (χ2v) is 8.76. The molecule has 2 aromatic rings. The Kier molecular flexibility index (Phi) is 6.08. The lowest BCUT2D eigenvalue weighted by Gasteiger charge is -2.24. The van der Waals surface area contributed by atoms with Crippen LogP contribution < -0.4 is 10.0 Å². The van der Waals surface area contributed by atoms with Gasteiger partial charge in [0.05, 0.1) is 9.82 Å². The fourth-order valence-electron chi connectivity index (χ4n) is 2.32. The van der Waals surface area contributed by atoms with Crippen molar-refractivity contribution in [3.63, 3.8) is 0 Å². The molecule has 0 aliphatic carbocycles. The van der Waals surface area contributed by atoms with E-state index in [1.807, 2.05) is 20.8 Å². The number of amides is 1. The van der Waals surface area contributed by atoms with Gasteiger partial charge in [0.15, 0.2) is 0 Å². The van der Waals surface area contributed by atoms with E-state index in [0.717, 1.165) is 12.5 Å². The number of aryl methyl sites for hydroxylation is 1. The van der Waals surface area contributed by atoms with Gasteiger partial charge in [-0.3, -0.25) is 19.6 Å². The number of hydrogen-bond acceptors (Lipinski definition) is 5. The molecule has 0 aromatic heterocycles. The summed E-state index contributed by atoms with van der Waals surface area (Å²) in [6.45, 7) is 7.32. The molecule has 2 aromatic carbocycles. The predicted molar refractivity (Wildman–Crippen MR) is 107 cm³/mol. The molecular formula is C19H23N3O5S. The second-order valence-electron chi connectivity index (χ2n) is 7.08. The number of rotatable bonds is 7. The molecule has 0 aliphatic heterocycles. The zero-order valence-electron chi connectivity index (χ0n) is 16.1. The van der Waals surface area contributed by atoms with Crippen LogP contribution in [0, 0.1) is 17.0 Å². The van der Waals surface area contributed by atoms with Gasteiger partial charge in [-0.25, -0.2) is 8.42 Å². The molecule has 0 spiro atoms. The van der Waals surface area contributed by atoms with Crippen molar-refractivity contribution in [2.45, 2.75) is 44.6 Å². The van der Waals surface area contributed by atoms with E-state index in [0.29, 0.717) is 11.1 Å². The molecule has 150 valence electrons. The van der Waals surface area contributed by atoms with Crippen LogP contribution in [-0.4, -0.2) is 24.8 Å². The molecule has 2 rings (SSSR count). The van der Waals surface area contributed by atoms with Gasteiger partial charge in [0.1, 0.15) is 0 Å². The van der Waals surface area contributed by atoms with Gasteiger partial charge in [-0.15, -0.1) is 0 Å². The van der Waals surface area contributed by atoms with Gasteiger partial charge in [0.25, 0.3) is 21.6 Å². The number of benzene rings is 2. The van der Waals surface area contributed by atoms with E-state index >= 15 is 0 Å². The highest BCUT2D eigenvalue weighted by atomic mass is 32.2. The predicted octanol–water partition coefficient (Wildman–Crippen LogP) is 3.62. The molecule has 8 nitrogen and oxygen atoms in total. The van der Waals surface area contributed by atoms with E-state index in [-0.39, 0.29) is 27.7 Å². The van der Waals surface area contributed by atoms with Crippen LogP contribution in [0.1, 0.15) is 43.1 Å². The van der Waals surface area contributed by atoms with Crippen molar-refractivity contribution >= 4 is 27.3 Å². The van der Waals surface area contributed by atoms with Crippen molar-refractivity contribution in [3.05, 3.63) is 63.7 Å². The molecule has 0 heterocycles. The third kappa shape index (κ3) is 5.07. The van der Waals surface area contributed by atoms with Gasteiger partial charge in [0.2, 0.25) is 0 Å². The monoisotopic (exact) mass is 405 g/mol. The highest BCUT2D eigenvalue weighted by molar-refractivity contribution is 7.92. The average molecular weight is 405 g/mol. The van der Waals surface area contributed by atoms with Gasteiger partial charge in [-0.2, -0.15) is 0 Å². The summed E-state index contributed by atoms with van der Waals surface area (Å²) in [5.74, 6) is -0.254. The Morgan fingerprint density at radius 2 is 1.75 bits per heavy atom. The third-order valence-corrected chi connectivity index (χ3v) is 5.80. The molecule has 1 amide bonds. The van der Waals surface area contributed by atoms with E-state index < -0.39 is 14.9 Å². The maximum Gasteiger partial charge on any atom is 0.273 e. The van der Waals surface area contributed by atoms with Crippen LogP contribution >= 0.6 is 0 Å². The lowest BCUT2D eigenvalue weighted by Crippen LogP contribution is -2.42. The normalized spacial score (nSPS) is 11.7. The summed E-state index contributed by atoms with van der Waals surface area (Å²) in [6, 6.07) is 9.66. The number of nitro benzene ring substituents is 1. The first-order valence-corrected chi connectivity index (χ1v) is 10.1. The van der Waals surface area contributed by atoms with Crippen molar-refractivity contribution in [3.8, 4) is 0 Å². The number of anilines is 1. The number of nitrogens with one attached hydrogen (secondary N) is 2. The van der Waals surface area contributed by atoms with Gasteiger partial charge in [0, 0.05) is 28.4 Å². The Morgan fingerprint density at radius 1 is 1.14 bits per heavy atom. The molecule has 0 radical (unpaired) electrons. The van der Waals surface area contributed by atoms with Crippen molar-refractivity contribution in [2.24, 2.45) is 0 Å². The summed E-state index contributed by atoms with van der Waals surface area (Å²) in [7, 11) is -4.01. The summed E-state index contributed by atoms with van der Waals surface area (Å²) < 4.78 is 27.4. The molecule has 0 bridgehead atoms. The number of sulfonamides is 1. The maximum atomic E-state index is 12.5. The van der Waals surface area contributed by atoms with Crippen LogP contribution in [0.4, 0.5) is 11.4 Å². The van der Waals surface area contributed by atoms with E-state index in [4.69, 9.17) is 0 Å². The maximum absolute atomic E-state index is 12.5. The fourth-order valence-corrected chi connectivity index (χ4v) is 3.40. The highest BCUT2D eigenvalue weighted by Crippen LogP contribution is 2.24. The van der Waals surface area contributed by atoms with Gasteiger partial charge < -0.3 is 5.32 Å². The fraction of sp³-hybridized carbons (Fsp3) is 0.316. The van der Waals surface area contributed by atoms with Gasteiger partial charge in [-0.05, 0) is 57.5 Å². The first-order chi connectivity index (χ1) is 12.9. The zero-order chi connectivity index (χ0) is 21.1. The largest absolute Gasteiger partial charge is 0.347 e. The molecule has 0 saturated carbocycles. The van der Waals surface area contributed by atoms with Crippen LogP contribution in [0.3, 0.4) is 0 Å². The number of nitro groups is 1. The Morgan fingerprint density at radius 3 is 2.29 bits per heavy atom. The van der Waals surface area contributed by atoms with Crippen molar-refractivity contribution < 1.29 is 18.1 Å². The van der Waals surface area contributed by atoms with Crippen LogP contribution in [0.5, 0.6) is 0 Å². The number of carbonyl (C=O) groups excluding carboxylic acids is 1. The first-order valence-electron chi connectivity index (χ1n) is 8.65. The van der Waals surface area contributed by atoms with E-state index in [9.17, 15) is 23.3 Å². The van der Waals surface area contributed by atoms with Crippen molar-refractivity contribution in [2.75, 3.05) is 4.72 Å². The van der Waals surface area contributed by atoms with Gasteiger partial charge in [-0.1, -0.05) is 13.0 Å². The number of carbonyl (C=O) groups is 1. The van der Waals surface area contributed by atoms with Crippen molar-refractivity contribution in [1.29, 1.82) is 0 Å². The highest BCUT2D eigenvalue weighted by Gasteiger charge is 2.21. The Balaban J connectivity index is 2.20. The Hall–Kier alpha value is -2.94. The van der Waals surface area contributed by atoms with Crippen LogP contribution in [0.25, 0.3) is 0 Å². The summed E-state index contributed by atoms with van der Waals surface area (Å²) in [6.07, 6.45) is 0.763. The standard InChI is InChI=1S/C19H23N3O5S/c1-5-19(3,4)20-18(23)14-7-9-15(10-8-14)21-28(26,27)16-11-6-13(2)17(12-16)22(24)25/h6-12,21H,5H2,1-4H3,(H,20,23). The number of nitrogens with zero attached hydrogens (tertiary/aromatic N) is 1.